The maximum atomic E-state index is 12.7. The lowest BCUT2D eigenvalue weighted by molar-refractivity contribution is -0.126. The molecule has 1 aliphatic rings. The zero-order valence-corrected chi connectivity index (χ0v) is 20.9. The fraction of sp³-hybridized carbons (Fsp3) is 0.267. The van der Waals surface area contributed by atoms with Gasteiger partial charge in [0.05, 0.1) is 6.10 Å². The number of carbonyl (C=O) groups is 2. The molecule has 3 aromatic carbocycles. The standard InChI is InChI=1S/C30H33N3O3/c1-3-23(2)36-28-11-7-10-25(22-28)30(35)31-26-13-15-27(16-14-26)32-18-20-33(21-19-32)29(34)17-12-24-8-5-4-6-9-24/h4-17,22-23H,3,18-21H2,1-2H3,(H,31,35)/b17-12+/t23-/m0/s1. The van der Waals surface area contributed by atoms with E-state index in [2.05, 4.69) is 17.1 Å². The summed E-state index contributed by atoms with van der Waals surface area (Å²) in [5, 5.41) is 2.96. The molecule has 2 amide bonds. The van der Waals surface area contributed by atoms with Crippen LogP contribution in [0.25, 0.3) is 6.08 Å². The van der Waals surface area contributed by atoms with Crippen molar-refractivity contribution in [3.8, 4) is 5.75 Å². The molecule has 0 aliphatic carbocycles. The number of nitrogens with one attached hydrogen (secondary N) is 1. The highest BCUT2D eigenvalue weighted by Crippen LogP contribution is 2.21. The number of hydrogen-bond acceptors (Lipinski definition) is 4. The highest BCUT2D eigenvalue weighted by molar-refractivity contribution is 6.04. The van der Waals surface area contributed by atoms with Gasteiger partial charge in [-0.2, -0.15) is 0 Å². The van der Waals surface area contributed by atoms with E-state index in [1.807, 2.05) is 84.6 Å². The summed E-state index contributed by atoms with van der Waals surface area (Å²) >= 11 is 0. The second kappa shape index (κ2) is 12.1. The first-order chi connectivity index (χ1) is 17.5. The molecule has 1 saturated heterocycles. The van der Waals surface area contributed by atoms with Gasteiger partial charge in [0.1, 0.15) is 5.75 Å². The van der Waals surface area contributed by atoms with Gasteiger partial charge in [0.2, 0.25) is 5.91 Å². The Morgan fingerprint density at radius 1 is 0.944 bits per heavy atom. The zero-order chi connectivity index (χ0) is 25.3. The number of ether oxygens (including phenoxy) is 1. The maximum Gasteiger partial charge on any atom is 0.255 e. The van der Waals surface area contributed by atoms with Gasteiger partial charge >= 0.3 is 0 Å². The third kappa shape index (κ3) is 6.75. The lowest BCUT2D eigenvalue weighted by atomic mass is 10.2. The van der Waals surface area contributed by atoms with Crippen LogP contribution < -0.4 is 15.0 Å². The second-order valence-corrected chi connectivity index (χ2v) is 8.92. The molecule has 4 rings (SSSR count). The molecule has 3 aromatic rings. The molecule has 0 radical (unpaired) electrons. The summed E-state index contributed by atoms with van der Waals surface area (Å²) in [4.78, 5) is 29.4. The van der Waals surface area contributed by atoms with Crippen LogP contribution in [0, 0.1) is 0 Å². The maximum absolute atomic E-state index is 12.7. The van der Waals surface area contributed by atoms with E-state index in [4.69, 9.17) is 4.74 Å². The van der Waals surface area contributed by atoms with Crippen molar-refractivity contribution < 1.29 is 14.3 Å². The van der Waals surface area contributed by atoms with E-state index in [1.54, 1.807) is 18.2 Å². The predicted molar refractivity (Wildman–Crippen MR) is 145 cm³/mol. The van der Waals surface area contributed by atoms with E-state index in [9.17, 15) is 9.59 Å². The normalized spacial score (nSPS) is 14.5. The first-order valence-corrected chi connectivity index (χ1v) is 12.5. The van der Waals surface area contributed by atoms with Crippen molar-refractivity contribution in [3.05, 3.63) is 96.1 Å². The Hall–Kier alpha value is -4.06. The molecule has 1 heterocycles. The third-order valence-corrected chi connectivity index (χ3v) is 6.31. The Morgan fingerprint density at radius 3 is 2.36 bits per heavy atom. The van der Waals surface area contributed by atoms with Gasteiger partial charge < -0.3 is 19.9 Å². The number of anilines is 2. The first kappa shape index (κ1) is 25.0. The predicted octanol–water partition coefficient (Wildman–Crippen LogP) is 5.48. The monoisotopic (exact) mass is 483 g/mol. The molecule has 1 N–H and O–H groups in total. The quantitative estimate of drug-likeness (QED) is 0.431. The van der Waals surface area contributed by atoms with Gasteiger partial charge in [0, 0.05) is 49.2 Å². The minimum Gasteiger partial charge on any atom is -0.491 e. The molecule has 1 aliphatic heterocycles. The summed E-state index contributed by atoms with van der Waals surface area (Å²) in [6.07, 6.45) is 4.51. The molecule has 0 aromatic heterocycles. The van der Waals surface area contributed by atoms with Crippen molar-refractivity contribution in [2.45, 2.75) is 26.4 Å². The van der Waals surface area contributed by atoms with Crippen LogP contribution in [0.3, 0.4) is 0 Å². The lowest BCUT2D eigenvalue weighted by Crippen LogP contribution is -2.48. The SMILES string of the molecule is CC[C@H](C)Oc1cccc(C(=O)Nc2ccc(N3CCN(C(=O)/C=C/c4ccccc4)CC3)cc2)c1. The largest absolute Gasteiger partial charge is 0.491 e. The van der Waals surface area contributed by atoms with Crippen molar-refractivity contribution in [3.63, 3.8) is 0 Å². The van der Waals surface area contributed by atoms with Gasteiger partial charge in [-0.25, -0.2) is 0 Å². The average molecular weight is 484 g/mol. The number of benzene rings is 3. The smallest absolute Gasteiger partial charge is 0.255 e. The van der Waals surface area contributed by atoms with Gasteiger partial charge in [-0.3, -0.25) is 9.59 Å². The number of carbonyl (C=O) groups excluding carboxylic acids is 2. The van der Waals surface area contributed by atoms with Gasteiger partial charge in [0.15, 0.2) is 0 Å². The van der Waals surface area contributed by atoms with E-state index in [1.165, 1.54) is 0 Å². The number of amides is 2. The molecule has 0 unspecified atom stereocenters. The third-order valence-electron chi connectivity index (χ3n) is 6.31. The van der Waals surface area contributed by atoms with Crippen molar-refractivity contribution in [2.75, 3.05) is 36.4 Å². The topological polar surface area (TPSA) is 61.9 Å². The van der Waals surface area contributed by atoms with Gasteiger partial charge in [-0.15, -0.1) is 0 Å². The van der Waals surface area contributed by atoms with Gasteiger partial charge in [-0.05, 0) is 67.4 Å². The molecule has 6 heteroatoms. The average Bonchev–Trinajstić information content (AvgIpc) is 2.93. The summed E-state index contributed by atoms with van der Waals surface area (Å²) in [5.41, 5.74) is 3.38. The van der Waals surface area contributed by atoms with Crippen molar-refractivity contribution in [1.29, 1.82) is 0 Å². The number of hydrogen-bond donors (Lipinski definition) is 1. The van der Waals surface area contributed by atoms with Crippen LogP contribution in [0.2, 0.25) is 0 Å². The molecule has 0 spiro atoms. The molecule has 6 nitrogen and oxygen atoms in total. The molecule has 0 bridgehead atoms. The fourth-order valence-corrected chi connectivity index (χ4v) is 4.01. The number of piperazine rings is 1. The van der Waals surface area contributed by atoms with Crippen LogP contribution in [0.15, 0.2) is 84.9 Å². The fourth-order valence-electron chi connectivity index (χ4n) is 4.01. The van der Waals surface area contributed by atoms with E-state index in [-0.39, 0.29) is 17.9 Å². The first-order valence-electron chi connectivity index (χ1n) is 12.5. The minimum atomic E-state index is -0.173. The Morgan fingerprint density at radius 2 is 1.67 bits per heavy atom. The molecular formula is C30H33N3O3. The van der Waals surface area contributed by atoms with E-state index in [0.29, 0.717) is 24.4 Å². The summed E-state index contributed by atoms with van der Waals surface area (Å²) in [7, 11) is 0. The summed E-state index contributed by atoms with van der Waals surface area (Å²) in [6.45, 7) is 6.94. The molecule has 1 atom stereocenters. The molecule has 0 saturated carbocycles. The van der Waals surface area contributed by atoms with Crippen LogP contribution in [0.1, 0.15) is 36.2 Å². The van der Waals surface area contributed by atoms with Crippen molar-refractivity contribution in [1.82, 2.24) is 4.90 Å². The Kier molecular flexibility index (Phi) is 8.40. The highest BCUT2D eigenvalue weighted by Gasteiger charge is 2.20. The molecule has 186 valence electrons. The van der Waals surface area contributed by atoms with E-state index >= 15 is 0 Å². The highest BCUT2D eigenvalue weighted by atomic mass is 16.5. The van der Waals surface area contributed by atoms with E-state index < -0.39 is 0 Å². The second-order valence-electron chi connectivity index (χ2n) is 8.92. The zero-order valence-electron chi connectivity index (χ0n) is 20.9. The number of rotatable bonds is 8. The number of nitrogens with zero attached hydrogens (tertiary/aromatic N) is 2. The van der Waals surface area contributed by atoms with Crippen LogP contribution in [-0.4, -0.2) is 49.0 Å². The Labute approximate surface area is 213 Å². The minimum absolute atomic E-state index is 0.0372. The molecule has 1 fully saturated rings. The van der Waals surface area contributed by atoms with Crippen LogP contribution >= 0.6 is 0 Å². The van der Waals surface area contributed by atoms with Gasteiger partial charge in [-0.1, -0.05) is 43.3 Å². The lowest BCUT2D eigenvalue weighted by Gasteiger charge is -2.35. The van der Waals surface area contributed by atoms with Gasteiger partial charge in [0.25, 0.3) is 5.91 Å². The summed E-state index contributed by atoms with van der Waals surface area (Å²) in [6, 6.07) is 24.9. The molecule has 36 heavy (non-hydrogen) atoms. The molecular weight excluding hydrogens is 450 g/mol. The summed E-state index contributed by atoms with van der Waals surface area (Å²) in [5.74, 6) is 0.559. The Balaban J connectivity index is 1.28. The van der Waals surface area contributed by atoms with Crippen LogP contribution in [0.5, 0.6) is 5.75 Å². The van der Waals surface area contributed by atoms with Crippen LogP contribution in [-0.2, 0) is 4.79 Å². The van der Waals surface area contributed by atoms with Crippen molar-refractivity contribution >= 4 is 29.3 Å². The van der Waals surface area contributed by atoms with E-state index in [0.717, 1.165) is 36.4 Å². The Bertz CT molecular complexity index is 1180. The van der Waals surface area contributed by atoms with Crippen molar-refractivity contribution in [2.24, 2.45) is 0 Å². The summed E-state index contributed by atoms with van der Waals surface area (Å²) < 4.78 is 5.83. The van der Waals surface area contributed by atoms with Crippen LogP contribution in [0.4, 0.5) is 11.4 Å².